The third kappa shape index (κ3) is 3.86. The minimum Gasteiger partial charge on any atom is -0.365 e. The molecular formula is C21H21F2N7O2S. The maximum absolute atomic E-state index is 13.7. The van der Waals surface area contributed by atoms with Gasteiger partial charge in [-0.3, -0.25) is 19.0 Å². The maximum Gasteiger partial charge on any atom is 0.280 e. The summed E-state index contributed by atoms with van der Waals surface area (Å²) in [7, 11) is 1.70. The molecule has 4 aromatic heterocycles. The topological polar surface area (TPSA) is 121 Å². The number of carbonyl (C=O) groups excluding carboxylic acids is 2. The molecule has 0 fully saturated rings. The lowest BCUT2D eigenvalue weighted by Gasteiger charge is -2.10. The number of carbonyl (C=O) groups is 2. The lowest BCUT2D eigenvalue weighted by atomic mass is 10.0. The summed E-state index contributed by atoms with van der Waals surface area (Å²) in [6.45, 7) is 5.97. The van der Waals surface area contributed by atoms with Gasteiger partial charge in [0.15, 0.2) is 0 Å². The number of nitrogens with one attached hydrogen (secondary N) is 1. The van der Waals surface area contributed by atoms with Crippen LogP contribution in [0.1, 0.15) is 50.5 Å². The fraction of sp³-hybridized carbons (Fsp3) is 0.286. The van der Waals surface area contributed by atoms with Crippen LogP contribution in [0.15, 0.2) is 18.5 Å². The van der Waals surface area contributed by atoms with Gasteiger partial charge < -0.3 is 11.1 Å². The largest absolute Gasteiger partial charge is 0.365 e. The third-order valence-corrected chi connectivity index (χ3v) is 6.51. The van der Waals surface area contributed by atoms with Crippen LogP contribution in [0.4, 0.5) is 14.5 Å². The molecular weight excluding hydrogens is 452 g/mol. The van der Waals surface area contributed by atoms with Crippen LogP contribution in [0.25, 0.3) is 21.3 Å². The van der Waals surface area contributed by atoms with Crippen LogP contribution in [-0.2, 0) is 13.6 Å². The van der Waals surface area contributed by atoms with Gasteiger partial charge in [-0.1, -0.05) is 0 Å². The third-order valence-electron chi connectivity index (χ3n) is 5.41. The van der Waals surface area contributed by atoms with Gasteiger partial charge in [0.2, 0.25) is 0 Å². The summed E-state index contributed by atoms with van der Waals surface area (Å²) in [4.78, 5) is 29.5. The number of fused-ring (bicyclic) bond motifs is 1. The molecule has 172 valence electrons. The first-order valence-electron chi connectivity index (χ1n) is 10.0. The Balaban J connectivity index is 1.99. The molecule has 3 N–H and O–H groups in total. The van der Waals surface area contributed by atoms with E-state index in [9.17, 15) is 18.4 Å². The summed E-state index contributed by atoms with van der Waals surface area (Å²) in [6.07, 6.45) is 0.315. The van der Waals surface area contributed by atoms with Crippen LogP contribution < -0.4 is 11.1 Å². The van der Waals surface area contributed by atoms with E-state index in [-0.39, 0.29) is 15.4 Å². The number of hydrogen-bond acceptors (Lipinski definition) is 6. The van der Waals surface area contributed by atoms with E-state index in [1.165, 1.54) is 12.3 Å². The van der Waals surface area contributed by atoms with E-state index in [2.05, 4.69) is 20.5 Å². The van der Waals surface area contributed by atoms with Gasteiger partial charge in [-0.05, 0) is 32.4 Å². The number of nitrogens with zero attached hydrogens (tertiary/aromatic N) is 5. The molecule has 33 heavy (non-hydrogen) atoms. The Labute approximate surface area is 191 Å². The average molecular weight is 474 g/mol. The highest BCUT2D eigenvalue weighted by atomic mass is 32.1. The van der Waals surface area contributed by atoms with Crippen molar-refractivity contribution in [2.45, 2.75) is 33.7 Å². The van der Waals surface area contributed by atoms with E-state index in [1.54, 1.807) is 36.5 Å². The second-order valence-electron chi connectivity index (χ2n) is 7.45. The van der Waals surface area contributed by atoms with E-state index >= 15 is 0 Å². The average Bonchev–Trinajstić information content (AvgIpc) is 3.43. The summed E-state index contributed by atoms with van der Waals surface area (Å²) in [5, 5.41) is 11.6. The van der Waals surface area contributed by atoms with Crippen LogP contribution in [0.2, 0.25) is 0 Å². The minimum absolute atomic E-state index is 0.0144. The monoisotopic (exact) mass is 473 g/mol. The lowest BCUT2D eigenvalue weighted by molar-refractivity contribution is 0.100. The highest BCUT2D eigenvalue weighted by molar-refractivity contribution is 7.21. The van der Waals surface area contributed by atoms with Crippen molar-refractivity contribution < 1.29 is 18.4 Å². The molecule has 0 aliphatic carbocycles. The molecule has 4 aromatic rings. The number of rotatable bonds is 6. The molecule has 0 unspecified atom stereocenters. The number of amides is 2. The quantitative estimate of drug-likeness (QED) is 0.441. The van der Waals surface area contributed by atoms with Gasteiger partial charge in [-0.15, -0.1) is 11.3 Å². The molecule has 0 saturated heterocycles. The first-order chi connectivity index (χ1) is 15.6. The lowest BCUT2D eigenvalue weighted by Crippen LogP contribution is -2.17. The SMILES string of the molecule is CCn1cc(-c2cc(C(F)F)nc3sc(C(N)=O)c(NC(=O)c4cnn(C)c4C)c23)c(C)n1. The van der Waals surface area contributed by atoms with Gasteiger partial charge in [0.05, 0.1) is 23.1 Å². The fourth-order valence-electron chi connectivity index (χ4n) is 3.58. The Morgan fingerprint density at radius 3 is 2.55 bits per heavy atom. The normalized spacial score (nSPS) is 11.5. The van der Waals surface area contributed by atoms with E-state index in [0.717, 1.165) is 11.3 Å². The van der Waals surface area contributed by atoms with Gasteiger partial charge in [-0.2, -0.15) is 10.2 Å². The standard InChI is InChI=1S/C21H21F2N7O2S/c1-5-30-8-13(9(2)28-30)11-6-14(18(22)23)26-21-15(11)16(17(33-21)19(24)31)27-20(32)12-7-25-29(4)10(12)3/h6-8,18H,5H2,1-4H3,(H2,24,31)(H,27,32). The number of halogens is 2. The Hall–Kier alpha value is -3.67. The molecule has 0 saturated carbocycles. The van der Waals surface area contributed by atoms with Crippen molar-refractivity contribution in [1.82, 2.24) is 24.5 Å². The predicted octanol–water partition coefficient (Wildman–Crippen LogP) is 3.82. The number of thiophene rings is 1. The Bertz CT molecular complexity index is 1400. The van der Waals surface area contributed by atoms with Gasteiger partial charge in [-0.25, -0.2) is 13.8 Å². The second-order valence-corrected chi connectivity index (χ2v) is 8.45. The van der Waals surface area contributed by atoms with Gasteiger partial charge in [0, 0.05) is 36.4 Å². The van der Waals surface area contributed by atoms with Crippen LogP contribution in [0, 0.1) is 13.8 Å². The number of anilines is 1. The fourth-order valence-corrected chi connectivity index (χ4v) is 4.60. The van der Waals surface area contributed by atoms with Crippen molar-refractivity contribution in [1.29, 1.82) is 0 Å². The zero-order valence-electron chi connectivity index (χ0n) is 18.3. The van der Waals surface area contributed by atoms with Gasteiger partial charge in [0.1, 0.15) is 15.4 Å². The zero-order valence-corrected chi connectivity index (χ0v) is 19.1. The molecule has 4 heterocycles. The summed E-state index contributed by atoms with van der Waals surface area (Å²) in [5.74, 6) is -1.31. The summed E-state index contributed by atoms with van der Waals surface area (Å²) in [6, 6.07) is 1.26. The first kappa shape index (κ1) is 22.5. The Morgan fingerprint density at radius 2 is 2.00 bits per heavy atom. The van der Waals surface area contributed by atoms with Crippen molar-refractivity contribution in [3.8, 4) is 11.1 Å². The van der Waals surface area contributed by atoms with Gasteiger partial charge >= 0.3 is 0 Å². The van der Waals surface area contributed by atoms with Crippen LogP contribution in [-0.4, -0.2) is 36.4 Å². The molecule has 0 spiro atoms. The van der Waals surface area contributed by atoms with E-state index in [4.69, 9.17) is 5.73 Å². The summed E-state index contributed by atoms with van der Waals surface area (Å²) < 4.78 is 30.5. The van der Waals surface area contributed by atoms with E-state index in [1.807, 2.05) is 6.92 Å². The van der Waals surface area contributed by atoms with Crippen molar-refractivity contribution >= 4 is 39.1 Å². The maximum atomic E-state index is 13.7. The van der Waals surface area contributed by atoms with Crippen molar-refractivity contribution in [2.75, 3.05) is 5.32 Å². The van der Waals surface area contributed by atoms with Crippen molar-refractivity contribution in [2.24, 2.45) is 12.8 Å². The summed E-state index contributed by atoms with van der Waals surface area (Å²) in [5.41, 5.74) is 7.77. The highest BCUT2D eigenvalue weighted by Gasteiger charge is 2.27. The number of alkyl halides is 2. The first-order valence-corrected chi connectivity index (χ1v) is 10.8. The molecule has 0 aliphatic rings. The minimum atomic E-state index is -2.83. The molecule has 0 atom stereocenters. The van der Waals surface area contributed by atoms with Crippen LogP contribution >= 0.6 is 11.3 Å². The molecule has 0 bridgehead atoms. The smallest absolute Gasteiger partial charge is 0.280 e. The Morgan fingerprint density at radius 1 is 1.27 bits per heavy atom. The number of aromatic nitrogens is 5. The molecule has 9 nitrogen and oxygen atoms in total. The summed E-state index contributed by atoms with van der Waals surface area (Å²) >= 11 is 0.856. The zero-order chi connectivity index (χ0) is 24.0. The molecule has 2 amide bonds. The van der Waals surface area contributed by atoms with E-state index < -0.39 is 23.9 Å². The van der Waals surface area contributed by atoms with Crippen molar-refractivity contribution in [3.63, 3.8) is 0 Å². The number of primary amides is 1. The van der Waals surface area contributed by atoms with Crippen molar-refractivity contribution in [3.05, 3.63) is 46.0 Å². The molecule has 0 radical (unpaired) electrons. The van der Waals surface area contributed by atoms with Gasteiger partial charge in [0.25, 0.3) is 18.2 Å². The number of aryl methyl sites for hydroxylation is 3. The van der Waals surface area contributed by atoms with E-state index in [0.29, 0.717) is 40.0 Å². The second kappa shape index (κ2) is 8.35. The predicted molar refractivity (Wildman–Crippen MR) is 121 cm³/mol. The number of nitrogens with two attached hydrogens (primary N) is 1. The molecule has 0 aromatic carbocycles. The molecule has 0 aliphatic heterocycles. The van der Waals surface area contributed by atoms with Crippen LogP contribution in [0.3, 0.4) is 0 Å². The Kier molecular flexibility index (Phi) is 5.70. The molecule has 4 rings (SSSR count). The number of pyridine rings is 1. The number of hydrogen-bond donors (Lipinski definition) is 2. The van der Waals surface area contributed by atoms with Crippen LogP contribution in [0.5, 0.6) is 0 Å². The highest BCUT2D eigenvalue weighted by Crippen LogP contribution is 2.43. The molecule has 12 heteroatoms.